The lowest BCUT2D eigenvalue weighted by atomic mass is 9.87. The van der Waals surface area contributed by atoms with E-state index in [1.165, 1.54) is 16.7 Å². The van der Waals surface area contributed by atoms with Gasteiger partial charge in [-0.15, -0.1) is 0 Å². The van der Waals surface area contributed by atoms with Crippen LogP contribution in [0, 0.1) is 0 Å². The van der Waals surface area contributed by atoms with Gasteiger partial charge in [0.05, 0.1) is 20.3 Å². The average Bonchev–Trinajstić information content (AvgIpc) is 2.81. The van der Waals surface area contributed by atoms with Crippen LogP contribution >= 0.6 is 0 Å². The molecule has 1 atom stereocenters. The largest absolute Gasteiger partial charge is 0.496 e. The SMILES string of the molecule is COc1cc2c(cc1OCc1ccccc1)C(c1cc(C(C)C)ccc1OC)NCC2. The van der Waals surface area contributed by atoms with Crippen LogP contribution in [0.15, 0.2) is 60.7 Å². The van der Waals surface area contributed by atoms with Gasteiger partial charge in [0.2, 0.25) is 0 Å². The molecule has 1 unspecified atom stereocenters. The Morgan fingerprint density at radius 1 is 0.871 bits per heavy atom. The van der Waals surface area contributed by atoms with Crippen LogP contribution in [-0.2, 0) is 13.0 Å². The molecule has 0 radical (unpaired) electrons. The van der Waals surface area contributed by atoms with Gasteiger partial charge in [0.15, 0.2) is 11.5 Å². The first kappa shape index (κ1) is 21.3. The van der Waals surface area contributed by atoms with Crippen molar-refractivity contribution in [2.45, 2.75) is 38.8 Å². The van der Waals surface area contributed by atoms with Crippen molar-refractivity contribution in [2.24, 2.45) is 0 Å². The number of hydrogen-bond donors (Lipinski definition) is 1. The van der Waals surface area contributed by atoms with Gasteiger partial charge in [0, 0.05) is 12.1 Å². The summed E-state index contributed by atoms with van der Waals surface area (Å²) in [4.78, 5) is 0. The van der Waals surface area contributed by atoms with Crippen molar-refractivity contribution in [3.63, 3.8) is 0 Å². The molecule has 0 aromatic heterocycles. The fourth-order valence-corrected chi connectivity index (χ4v) is 4.19. The van der Waals surface area contributed by atoms with E-state index in [4.69, 9.17) is 14.2 Å². The van der Waals surface area contributed by atoms with E-state index in [-0.39, 0.29) is 6.04 Å². The zero-order valence-corrected chi connectivity index (χ0v) is 18.8. The van der Waals surface area contributed by atoms with Gasteiger partial charge in [-0.1, -0.05) is 50.2 Å². The molecule has 0 fully saturated rings. The molecule has 0 saturated heterocycles. The van der Waals surface area contributed by atoms with Gasteiger partial charge in [-0.25, -0.2) is 0 Å². The van der Waals surface area contributed by atoms with E-state index in [0.29, 0.717) is 12.5 Å². The Bertz CT molecular complexity index is 1030. The normalized spacial score (nSPS) is 15.5. The van der Waals surface area contributed by atoms with Crippen molar-refractivity contribution in [3.8, 4) is 17.2 Å². The summed E-state index contributed by atoms with van der Waals surface area (Å²) in [6.07, 6.45) is 0.952. The van der Waals surface area contributed by atoms with Crippen molar-refractivity contribution in [3.05, 3.63) is 88.5 Å². The van der Waals surface area contributed by atoms with Crippen molar-refractivity contribution in [2.75, 3.05) is 20.8 Å². The number of methoxy groups -OCH3 is 2. The van der Waals surface area contributed by atoms with Crippen molar-refractivity contribution in [1.29, 1.82) is 0 Å². The van der Waals surface area contributed by atoms with Crippen LogP contribution in [0.2, 0.25) is 0 Å². The van der Waals surface area contributed by atoms with Crippen LogP contribution in [0.4, 0.5) is 0 Å². The van der Waals surface area contributed by atoms with Gasteiger partial charge in [0.1, 0.15) is 12.4 Å². The van der Waals surface area contributed by atoms with E-state index in [1.54, 1.807) is 14.2 Å². The molecule has 0 saturated carbocycles. The maximum absolute atomic E-state index is 6.20. The van der Waals surface area contributed by atoms with Gasteiger partial charge in [-0.2, -0.15) is 0 Å². The Morgan fingerprint density at radius 3 is 2.35 bits per heavy atom. The molecule has 0 aliphatic carbocycles. The summed E-state index contributed by atoms with van der Waals surface area (Å²) in [5.41, 5.74) is 6.09. The standard InChI is InChI=1S/C27H31NO3/c1-18(2)20-10-11-24(29-3)23(14-20)27-22-16-26(31-17-19-8-6-5-7-9-19)25(30-4)15-21(22)12-13-28-27/h5-11,14-16,18,27-28H,12-13,17H2,1-4H3. The Balaban J connectivity index is 1.73. The number of benzene rings is 3. The molecule has 0 spiro atoms. The Labute approximate surface area is 185 Å². The molecule has 4 rings (SSSR count). The minimum absolute atomic E-state index is 0.0439. The molecule has 31 heavy (non-hydrogen) atoms. The first-order valence-electron chi connectivity index (χ1n) is 10.9. The minimum atomic E-state index is 0.0439. The zero-order chi connectivity index (χ0) is 21.8. The highest BCUT2D eigenvalue weighted by Gasteiger charge is 2.27. The summed E-state index contributed by atoms with van der Waals surface area (Å²) >= 11 is 0. The molecule has 1 heterocycles. The molecule has 3 aromatic rings. The molecule has 162 valence electrons. The van der Waals surface area contributed by atoms with Crippen LogP contribution in [0.1, 0.15) is 53.6 Å². The highest BCUT2D eigenvalue weighted by Crippen LogP contribution is 2.40. The highest BCUT2D eigenvalue weighted by molar-refractivity contribution is 5.54. The van der Waals surface area contributed by atoms with Gasteiger partial charge < -0.3 is 19.5 Å². The summed E-state index contributed by atoms with van der Waals surface area (Å²) < 4.78 is 17.6. The molecule has 1 aliphatic heterocycles. The number of fused-ring (bicyclic) bond motifs is 1. The number of nitrogens with one attached hydrogen (secondary N) is 1. The van der Waals surface area contributed by atoms with Crippen LogP contribution in [0.5, 0.6) is 17.2 Å². The van der Waals surface area contributed by atoms with Gasteiger partial charge in [0.25, 0.3) is 0 Å². The number of hydrogen-bond acceptors (Lipinski definition) is 4. The average molecular weight is 418 g/mol. The lowest BCUT2D eigenvalue weighted by Gasteiger charge is -2.30. The summed E-state index contributed by atoms with van der Waals surface area (Å²) in [5, 5.41) is 3.69. The lowest BCUT2D eigenvalue weighted by molar-refractivity contribution is 0.283. The quantitative estimate of drug-likeness (QED) is 0.540. The fourth-order valence-electron chi connectivity index (χ4n) is 4.19. The van der Waals surface area contributed by atoms with Crippen LogP contribution in [0.25, 0.3) is 0 Å². The molecule has 3 aromatic carbocycles. The van der Waals surface area contributed by atoms with E-state index < -0.39 is 0 Å². The smallest absolute Gasteiger partial charge is 0.162 e. The molecule has 1 aliphatic rings. The molecular formula is C27H31NO3. The topological polar surface area (TPSA) is 39.7 Å². The van der Waals surface area contributed by atoms with Crippen molar-refractivity contribution >= 4 is 0 Å². The van der Waals surface area contributed by atoms with Crippen LogP contribution < -0.4 is 19.5 Å². The van der Waals surface area contributed by atoms with E-state index in [0.717, 1.165) is 41.3 Å². The van der Waals surface area contributed by atoms with E-state index in [9.17, 15) is 0 Å². The predicted octanol–water partition coefficient (Wildman–Crippen LogP) is 5.64. The molecule has 4 heteroatoms. The first-order chi connectivity index (χ1) is 15.1. The van der Waals surface area contributed by atoms with E-state index in [1.807, 2.05) is 18.2 Å². The molecule has 4 nitrogen and oxygen atoms in total. The highest BCUT2D eigenvalue weighted by atomic mass is 16.5. The van der Waals surface area contributed by atoms with Crippen LogP contribution in [-0.4, -0.2) is 20.8 Å². The zero-order valence-electron chi connectivity index (χ0n) is 18.8. The van der Waals surface area contributed by atoms with Crippen LogP contribution in [0.3, 0.4) is 0 Å². The Kier molecular flexibility index (Phi) is 6.47. The maximum atomic E-state index is 6.20. The molecule has 1 N–H and O–H groups in total. The Hall–Kier alpha value is -2.98. The summed E-state index contributed by atoms with van der Waals surface area (Å²) in [7, 11) is 3.44. The predicted molar refractivity (Wildman–Crippen MR) is 124 cm³/mol. The third-order valence-electron chi connectivity index (χ3n) is 5.95. The molecular weight excluding hydrogens is 386 g/mol. The van der Waals surface area contributed by atoms with Gasteiger partial charge in [-0.05, 0) is 58.9 Å². The van der Waals surface area contributed by atoms with Gasteiger partial charge >= 0.3 is 0 Å². The first-order valence-corrected chi connectivity index (χ1v) is 10.9. The van der Waals surface area contributed by atoms with Crippen molar-refractivity contribution in [1.82, 2.24) is 5.32 Å². The summed E-state index contributed by atoms with van der Waals surface area (Å²) in [6.45, 7) is 5.84. The third kappa shape index (κ3) is 4.54. The minimum Gasteiger partial charge on any atom is -0.496 e. The fraction of sp³-hybridized carbons (Fsp3) is 0.333. The number of ether oxygens (including phenoxy) is 3. The molecule has 0 bridgehead atoms. The summed E-state index contributed by atoms with van der Waals surface area (Å²) in [5.74, 6) is 2.89. The Morgan fingerprint density at radius 2 is 1.65 bits per heavy atom. The lowest BCUT2D eigenvalue weighted by Crippen LogP contribution is -2.31. The number of rotatable bonds is 7. The maximum Gasteiger partial charge on any atom is 0.162 e. The second-order valence-electron chi connectivity index (χ2n) is 8.27. The second-order valence-corrected chi connectivity index (χ2v) is 8.27. The summed E-state index contributed by atoms with van der Waals surface area (Å²) in [6, 6.07) is 21.0. The second kappa shape index (κ2) is 9.44. The van der Waals surface area contributed by atoms with E-state index in [2.05, 4.69) is 61.6 Å². The van der Waals surface area contributed by atoms with Gasteiger partial charge in [-0.3, -0.25) is 0 Å². The van der Waals surface area contributed by atoms with E-state index >= 15 is 0 Å². The third-order valence-corrected chi connectivity index (χ3v) is 5.95. The molecule has 0 amide bonds. The van der Waals surface area contributed by atoms with Crippen molar-refractivity contribution < 1.29 is 14.2 Å². The monoisotopic (exact) mass is 417 g/mol.